The van der Waals surface area contributed by atoms with Gasteiger partial charge in [0.1, 0.15) is 12.4 Å². The zero-order valence-electron chi connectivity index (χ0n) is 8.65. The highest BCUT2D eigenvalue weighted by molar-refractivity contribution is 5.78. The summed E-state index contributed by atoms with van der Waals surface area (Å²) in [6.07, 6.45) is 0.710. The van der Waals surface area contributed by atoms with Gasteiger partial charge in [0.25, 0.3) is 0 Å². The van der Waals surface area contributed by atoms with Crippen molar-refractivity contribution < 1.29 is 19.1 Å². The molecule has 0 amide bonds. The van der Waals surface area contributed by atoms with Crippen LogP contribution in [0, 0.1) is 0 Å². The highest BCUT2D eigenvalue weighted by Crippen LogP contribution is 2.21. The van der Waals surface area contributed by atoms with Crippen LogP contribution in [0.25, 0.3) is 0 Å². The van der Waals surface area contributed by atoms with Gasteiger partial charge in [0.2, 0.25) is 0 Å². The summed E-state index contributed by atoms with van der Waals surface area (Å²) in [6, 6.07) is 5.07. The molecule has 0 aliphatic rings. The van der Waals surface area contributed by atoms with Crippen molar-refractivity contribution in [2.45, 2.75) is 13.5 Å². The molecule has 1 aromatic rings. The van der Waals surface area contributed by atoms with E-state index in [0.29, 0.717) is 23.2 Å². The second-order valence-electron chi connectivity index (χ2n) is 2.93. The molecule has 0 spiro atoms. The maximum absolute atomic E-state index is 10.7. The van der Waals surface area contributed by atoms with Crippen LogP contribution in [-0.4, -0.2) is 19.4 Å². The minimum Gasteiger partial charge on any atom is -0.496 e. The Labute approximate surface area is 87.8 Å². The Morgan fingerprint density at radius 2 is 2.20 bits per heavy atom. The molecule has 4 heteroatoms. The zero-order chi connectivity index (χ0) is 11.3. The Kier molecular flexibility index (Phi) is 3.85. The lowest BCUT2D eigenvalue weighted by molar-refractivity contribution is -0.142. The van der Waals surface area contributed by atoms with E-state index in [0.717, 1.165) is 0 Å². The number of hydrogen-bond acceptors (Lipinski definition) is 4. The van der Waals surface area contributed by atoms with Crippen LogP contribution in [0.3, 0.4) is 0 Å². The first-order valence-electron chi connectivity index (χ1n) is 4.43. The van der Waals surface area contributed by atoms with Gasteiger partial charge < -0.3 is 9.47 Å². The first-order valence-corrected chi connectivity index (χ1v) is 4.43. The fourth-order valence-electron chi connectivity index (χ4n) is 1.21. The summed E-state index contributed by atoms with van der Waals surface area (Å²) in [7, 11) is 1.50. The van der Waals surface area contributed by atoms with Gasteiger partial charge in [-0.05, 0) is 6.07 Å². The Morgan fingerprint density at radius 3 is 2.73 bits per heavy atom. The molecule has 0 aromatic heterocycles. The Bertz CT molecular complexity index is 371. The molecule has 0 aliphatic heterocycles. The standard InChI is InChI=1S/C11H12O4/c1-8(13)15-7-10-9(6-12)4-3-5-11(10)14-2/h3-6H,7H2,1-2H3. The summed E-state index contributed by atoms with van der Waals surface area (Å²) in [5.74, 6) is 0.151. The van der Waals surface area contributed by atoms with Crippen LogP contribution in [0.4, 0.5) is 0 Å². The number of hydrogen-bond donors (Lipinski definition) is 0. The lowest BCUT2D eigenvalue weighted by atomic mass is 10.1. The quantitative estimate of drug-likeness (QED) is 0.556. The van der Waals surface area contributed by atoms with Gasteiger partial charge in [-0.25, -0.2) is 0 Å². The van der Waals surface area contributed by atoms with Gasteiger partial charge in [-0.3, -0.25) is 9.59 Å². The normalized spacial score (nSPS) is 9.47. The Morgan fingerprint density at radius 1 is 1.47 bits per heavy atom. The molecule has 1 aromatic carbocycles. The van der Waals surface area contributed by atoms with Gasteiger partial charge in [-0.1, -0.05) is 12.1 Å². The van der Waals surface area contributed by atoms with Crippen LogP contribution in [0.15, 0.2) is 18.2 Å². The molecule has 0 bridgehead atoms. The van der Waals surface area contributed by atoms with E-state index in [1.807, 2.05) is 0 Å². The monoisotopic (exact) mass is 208 g/mol. The van der Waals surface area contributed by atoms with Gasteiger partial charge >= 0.3 is 5.97 Å². The number of benzene rings is 1. The summed E-state index contributed by atoms with van der Waals surface area (Å²) in [6.45, 7) is 1.36. The number of carbonyl (C=O) groups is 2. The van der Waals surface area contributed by atoms with Gasteiger partial charge in [0, 0.05) is 18.1 Å². The highest BCUT2D eigenvalue weighted by atomic mass is 16.5. The smallest absolute Gasteiger partial charge is 0.302 e. The SMILES string of the molecule is COc1cccc(C=O)c1COC(C)=O. The predicted octanol–water partition coefficient (Wildman–Crippen LogP) is 1.57. The van der Waals surface area contributed by atoms with Crippen LogP contribution < -0.4 is 4.74 Å². The minimum absolute atomic E-state index is 0.0490. The third-order valence-corrected chi connectivity index (χ3v) is 1.94. The molecule has 0 atom stereocenters. The van der Waals surface area contributed by atoms with Crippen LogP contribution in [0.1, 0.15) is 22.8 Å². The molecular weight excluding hydrogens is 196 g/mol. The number of rotatable bonds is 4. The summed E-state index contributed by atoms with van der Waals surface area (Å²) < 4.78 is 9.91. The van der Waals surface area contributed by atoms with E-state index in [1.54, 1.807) is 18.2 Å². The van der Waals surface area contributed by atoms with Crippen molar-refractivity contribution in [2.24, 2.45) is 0 Å². The van der Waals surface area contributed by atoms with Crippen molar-refractivity contribution in [3.8, 4) is 5.75 Å². The molecule has 0 fully saturated rings. The van der Waals surface area contributed by atoms with Gasteiger partial charge in [-0.15, -0.1) is 0 Å². The van der Waals surface area contributed by atoms with Crippen LogP contribution >= 0.6 is 0 Å². The Balaban J connectivity index is 2.99. The van der Waals surface area contributed by atoms with Gasteiger partial charge in [-0.2, -0.15) is 0 Å². The van der Waals surface area contributed by atoms with E-state index >= 15 is 0 Å². The van der Waals surface area contributed by atoms with E-state index in [-0.39, 0.29) is 6.61 Å². The predicted molar refractivity (Wildman–Crippen MR) is 53.9 cm³/mol. The molecule has 80 valence electrons. The Hall–Kier alpha value is -1.84. The van der Waals surface area contributed by atoms with E-state index in [9.17, 15) is 9.59 Å². The number of esters is 1. The van der Waals surface area contributed by atoms with Crippen molar-refractivity contribution in [3.63, 3.8) is 0 Å². The van der Waals surface area contributed by atoms with Crippen molar-refractivity contribution in [1.82, 2.24) is 0 Å². The molecule has 0 radical (unpaired) electrons. The van der Waals surface area contributed by atoms with E-state index in [4.69, 9.17) is 9.47 Å². The number of methoxy groups -OCH3 is 1. The molecule has 0 unspecified atom stereocenters. The summed E-state index contributed by atoms with van der Waals surface area (Å²) in [4.78, 5) is 21.4. The zero-order valence-corrected chi connectivity index (χ0v) is 8.65. The molecule has 4 nitrogen and oxygen atoms in total. The van der Waals surface area contributed by atoms with E-state index < -0.39 is 5.97 Å². The molecule has 0 heterocycles. The molecule has 0 N–H and O–H groups in total. The second-order valence-corrected chi connectivity index (χ2v) is 2.93. The fraction of sp³-hybridized carbons (Fsp3) is 0.273. The van der Waals surface area contributed by atoms with E-state index in [2.05, 4.69) is 0 Å². The molecule has 0 saturated carbocycles. The molecule has 0 saturated heterocycles. The lowest BCUT2D eigenvalue weighted by Gasteiger charge is -2.10. The van der Waals surface area contributed by atoms with Crippen LogP contribution in [0.5, 0.6) is 5.75 Å². The van der Waals surface area contributed by atoms with Crippen molar-refractivity contribution in [3.05, 3.63) is 29.3 Å². The van der Waals surface area contributed by atoms with Crippen molar-refractivity contribution >= 4 is 12.3 Å². The highest BCUT2D eigenvalue weighted by Gasteiger charge is 2.09. The first-order chi connectivity index (χ1) is 7.19. The van der Waals surface area contributed by atoms with Crippen molar-refractivity contribution in [1.29, 1.82) is 0 Å². The number of ether oxygens (including phenoxy) is 2. The van der Waals surface area contributed by atoms with Gasteiger partial charge in [0.05, 0.1) is 7.11 Å². The lowest BCUT2D eigenvalue weighted by Crippen LogP contribution is -2.03. The summed E-state index contributed by atoms with van der Waals surface area (Å²) >= 11 is 0. The topological polar surface area (TPSA) is 52.6 Å². The number of aldehydes is 1. The van der Waals surface area contributed by atoms with Crippen LogP contribution in [0.2, 0.25) is 0 Å². The van der Waals surface area contributed by atoms with Crippen LogP contribution in [-0.2, 0) is 16.1 Å². The molecule has 0 aliphatic carbocycles. The average Bonchev–Trinajstić information content (AvgIpc) is 2.25. The van der Waals surface area contributed by atoms with E-state index in [1.165, 1.54) is 14.0 Å². The number of carbonyl (C=O) groups excluding carboxylic acids is 2. The maximum atomic E-state index is 10.7. The molecule has 15 heavy (non-hydrogen) atoms. The largest absolute Gasteiger partial charge is 0.496 e. The molecular formula is C11H12O4. The fourth-order valence-corrected chi connectivity index (χ4v) is 1.21. The average molecular weight is 208 g/mol. The molecule has 1 rings (SSSR count). The first kappa shape index (κ1) is 11.2. The summed E-state index contributed by atoms with van der Waals surface area (Å²) in [5, 5.41) is 0. The maximum Gasteiger partial charge on any atom is 0.302 e. The van der Waals surface area contributed by atoms with Gasteiger partial charge in [0.15, 0.2) is 6.29 Å². The minimum atomic E-state index is -0.391. The second kappa shape index (κ2) is 5.14. The summed E-state index contributed by atoms with van der Waals surface area (Å²) in [5.41, 5.74) is 1.06. The van der Waals surface area contributed by atoms with Crippen molar-refractivity contribution in [2.75, 3.05) is 7.11 Å². The third-order valence-electron chi connectivity index (χ3n) is 1.94. The third kappa shape index (κ3) is 2.80.